The van der Waals surface area contributed by atoms with Gasteiger partial charge in [0.2, 0.25) is 0 Å². The van der Waals surface area contributed by atoms with Crippen LogP contribution in [0, 0.1) is 17.8 Å². The van der Waals surface area contributed by atoms with Crippen molar-refractivity contribution in [2.24, 2.45) is 17.8 Å². The highest BCUT2D eigenvalue weighted by Gasteiger charge is 2.29. The number of hydrogen-bond acceptors (Lipinski definition) is 4. The normalized spacial score (nSPS) is 11.5. The van der Waals surface area contributed by atoms with Crippen LogP contribution in [-0.4, -0.2) is 25.2 Å². The first-order valence-corrected chi connectivity index (χ1v) is 14.7. The molecule has 0 N–H and O–H groups in total. The Bertz CT molecular complexity index is 434. The van der Waals surface area contributed by atoms with Gasteiger partial charge in [0, 0.05) is 0 Å². The first-order valence-electron chi connectivity index (χ1n) is 14.7. The number of carbonyl (C=O) groups excluding carboxylic acids is 2. The lowest BCUT2D eigenvalue weighted by Gasteiger charge is -2.15. The monoisotopic (exact) mass is 482 g/mol. The average Bonchev–Trinajstić information content (AvgIpc) is 2.79. The maximum Gasteiger partial charge on any atom is 0.320 e. The van der Waals surface area contributed by atoms with Crippen molar-refractivity contribution in [2.75, 3.05) is 13.2 Å². The summed E-state index contributed by atoms with van der Waals surface area (Å²) in [5.41, 5.74) is 0. The van der Waals surface area contributed by atoms with Crippen LogP contribution < -0.4 is 0 Å². The second-order valence-corrected chi connectivity index (χ2v) is 11.0. The van der Waals surface area contributed by atoms with E-state index in [0.29, 0.717) is 19.6 Å². The zero-order valence-corrected chi connectivity index (χ0v) is 23.5. The zero-order valence-electron chi connectivity index (χ0n) is 23.5. The third-order valence-electron chi connectivity index (χ3n) is 6.51. The van der Waals surface area contributed by atoms with Crippen molar-refractivity contribution < 1.29 is 19.1 Å². The van der Waals surface area contributed by atoms with Crippen LogP contribution in [0.15, 0.2) is 0 Å². The number of hydrogen-bond donors (Lipinski definition) is 0. The first-order chi connectivity index (χ1) is 16.4. The predicted octanol–water partition coefficient (Wildman–Crippen LogP) is 9.04. The summed E-state index contributed by atoms with van der Waals surface area (Å²) < 4.78 is 10.9. The van der Waals surface area contributed by atoms with Crippen LogP contribution in [0.1, 0.15) is 150 Å². The molecule has 34 heavy (non-hydrogen) atoms. The molecule has 0 amide bonds. The highest BCUT2D eigenvalue weighted by Crippen LogP contribution is 2.16. The van der Waals surface area contributed by atoms with Gasteiger partial charge in [0.15, 0.2) is 5.92 Å². The van der Waals surface area contributed by atoms with Crippen molar-refractivity contribution in [1.82, 2.24) is 0 Å². The van der Waals surface area contributed by atoms with E-state index in [4.69, 9.17) is 9.47 Å². The van der Waals surface area contributed by atoms with Crippen molar-refractivity contribution in [2.45, 2.75) is 150 Å². The summed E-state index contributed by atoms with van der Waals surface area (Å²) in [6.45, 7) is 12.1. The Kier molecular flexibility index (Phi) is 22.9. The number of unbranched alkanes of at least 4 members (excludes halogenated alkanes) is 12. The van der Waals surface area contributed by atoms with Gasteiger partial charge < -0.3 is 9.47 Å². The Morgan fingerprint density at radius 3 is 1.24 bits per heavy atom. The van der Waals surface area contributed by atoms with E-state index in [1.807, 2.05) is 0 Å². The van der Waals surface area contributed by atoms with E-state index >= 15 is 0 Å². The number of ether oxygens (including phenoxy) is 2. The van der Waals surface area contributed by atoms with Crippen molar-refractivity contribution in [3.8, 4) is 0 Å². The minimum atomic E-state index is -0.751. The summed E-state index contributed by atoms with van der Waals surface area (Å²) in [7, 11) is 0. The van der Waals surface area contributed by atoms with Gasteiger partial charge in [-0.1, -0.05) is 131 Å². The molecule has 0 aromatic heterocycles. The molecule has 0 aliphatic heterocycles. The molecule has 0 radical (unpaired) electrons. The molecule has 4 heteroatoms. The van der Waals surface area contributed by atoms with E-state index in [-0.39, 0.29) is 11.9 Å². The number of esters is 2. The van der Waals surface area contributed by atoms with E-state index in [1.165, 1.54) is 64.2 Å². The fraction of sp³-hybridized carbons (Fsp3) is 0.933. The van der Waals surface area contributed by atoms with Crippen LogP contribution in [0.4, 0.5) is 0 Å². The number of carbonyl (C=O) groups is 2. The van der Waals surface area contributed by atoms with Crippen molar-refractivity contribution >= 4 is 11.9 Å². The van der Waals surface area contributed by atoms with E-state index in [1.54, 1.807) is 0 Å². The fourth-order valence-corrected chi connectivity index (χ4v) is 4.20. The second-order valence-electron chi connectivity index (χ2n) is 11.0. The molecule has 4 nitrogen and oxygen atoms in total. The Morgan fingerprint density at radius 2 is 0.853 bits per heavy atom. The molecule has 0 heterocycles. The van der Waals surface area contributed by atoms with Gasteiger partial charge >= 0.3 is 11.9 Å². The van der Waals surface area contributed by atoms with Crippen LogP contribution in [0.2, 0.25) is 0 Å². The minimum absolute atomic E-state index is 0.386. The Morgan fingerprint density at radius 1 is 0.500 bits per heavy atom. The van der Waals surface area contributed by atoms with Gasteiger partial charge in [0.25, 0.3) is 0 Å². The molecular weight excluding hydrogens is 424 g/mol. The van der Waals surface area contributed by atoms with Gasteiger partial charge in [0.1, 0.15) is 0 Å². The summed E-state index contributed by atoms with van der Waals surface area (Å²) >= 11 is 0. The molecule has 202 valence electrons. The van der Waals surface area contributed by atoms with E-state index in [9.17, 15) is 9.59 Å². The first kappa shape index (κ1) is 32.9. The fourth-order valence-electron chi connectivity index (χ4n) is 4.20. The van der Waals surface area contributed by atoms with Gasteiger partial charge in [0.05, 0.1) is 13.2 Å². The summed E-state index contributed by atoms with van der Waals surface area (Å²) in [4.78, 5) is 25.2. The van der Waals surface area contributed by atoms with Crippen molar-refractivity contribution in [3.63, 3.8) is 0 Å². The van der Waals surface area contributed by atoms with Crippen molar-refractivity contribution in [3.05, 3.63) is 0 Å². The molecule has 0 atom stereocenters. The van der Waals surface area contributed by atoms with Gasteiger partial charge in [-0.25, -0.2) is 0 Å². The lowest BCUT2D eigenvalue weighted by molar-refractivity contribution is -0.162. The van der Waals surface area contributed by atoms with Gasteiger partial charge in [-0.2, -0.15) is 0 Å². The smallest absolute Gasteiger partial charge is 0.320 e. The molecule has 0 aliphatic rings. The average molecular weight is 483 g/mol. The van der Waals surface area contributed by atoms with Crippen LogP contribution in [0.5, 0.6) is 0 Å². The molecule has 0 fully saturated rings. The quantitative estimate of drug-likeness (QED) is 0.0782. The second kappa shape index (κ2) is 23.7. The highest BCUT2D eigenvalue weighted by atomic mass is 16.6. The van der Waals surface area contributed by atoms with Gasteiger partial charge in [-0.05, 0) is 31.1 Å². The SMILES string of the molecule is CCCCCC(C(=O)OCCCCCCCCC(C)C)C(=O)OCCCCCCCCC(C)C. The molecule has 0 aliphatic carbocycles. The summed E-state index contributed by atoms with van der Waals surface area (Å²) in [5.74, 6) is 0.0616. The Balaban J connectivity index is 4.03. The minimum Gasteiger partial charge on any atom is -0.465 e. The van der Waals surface area contributed by atoms with Gasteiger partial charge in [-0.15, -0.1) is 0 Å². The Labute approximate surface area is 212 Å². The molecule has 0 spiro atoms. The molecule has 0 rings (SSSR count). The highest BCUT2D eigenvalue weighted by molar-refractivity contribution is 5.94. The topological polar surface area (TPSA) is 52.6 Å². The molecule has 0 aromatic carbocycles. The zero-order chi connectivity index (χ0) is 25.4. The van der Waals surface area contributed by atoms with E-state index < -0.39 is 5.92 Å². The van der Waals surface area contributed by atoms with Crippen LogP contribution in [-0.2, 0) is 19.1 Å². The largest absolute Gasteiger partial charge is 0.465 e. The lowest BCUT2D eigenvalue weighted by atomic mass is 10.0. The van der Waals surface area contributed by atoms with E-state index in [2.05, 4.69) is 34.6 Å². The predicted molar refractivity (Wildman–Crippen MR) is 144 cm³/mol. The molecule has 0 saturated carbocycles. The maximum atomic E-state index is 12.6. The molecule has 0 bridgehead atoms. The standard InChI is InChI=1S/C30H58O4/c1-6-7-16-23-28(29(31)33-24-19-14-10-8-12-17-21-26(2)3)30(32)34-25-20-15-11-9-13-18-22-27(4)5/h26-28H,6-25H2,1-5H3. The molecule has 0 aromatic rings. The third kappa shape index (κ3) is 21.5. The summed E-state index contributed by atoms with van der Waals surface area (Å²) in [6.07, 6.45) is 20.1. The van der Waals surface area contributed by atoms with Crippen LogP contribution >= 0.6 is 0 Å². The van der Waals surface area contributed by atoms with Gasteiger partial charge in [-0.3, -0.25) is 9.59 Å². The van der Waals surface area contributed by atoms with Crippen molar-refractivity contribution in [1.29, 1.82) is 0 Å². The molecule has 0 saturated heterocycles. The summed E-state index contributed by atoms with van der Waals surface area (Å²) in [5, 5.41) is 0. The van der Waals surface area contributed by atoms with Crippen LogP contribution in [0.3, 0.4) is 0 Å². The third-order valence-corrected chi connectivity index (χ3v) is 6.51. The molecular formula is C30H58O4. The number of rotatable bonds is 24. The van der Waals surface area contributed by atoms with E-state index in [0.717, 1.165) is 56.8 Å². The summed E-state index contributed by atoms with van der Waals surface area (Å²) in [6, 6.07) is 0. The van der Waals surface area contributed by atoms with Crippen LogP contribution in [0.25, 0.3) is 0 Å². The maximum absolute atomic E-state index is 12.6. The Hall–Kier alpha value is -1.06. The molecule has 0 unspecified atom stereocenters. The lowest BCUT2D eigenvalue weighted by Crippen LogP contribution is -2.28.